The SMILES string of the molecule is C[C@H](N)c1ccc(OCc2ccccc2Br)cc1Br. The number of nitrogens with two attached hydrogens (primary N) is 1. The molecule has 0 unspecified atom stereocenters. The number of hydrogen-bond acceptors (Lipinski definition) is 2. The van der Waals surface area contributed by atoms with Gasteiger partial charge < -0.3 is 10.5 Å². The van der Waals surface area contributed by atoms with E-state index in [1.54, 1.807) is 0 Å². The topological polar surface area (TPSA) is 35.2 Å². The van der Waals surface area contributed by atoms with Crippen LogP contribution in [0.1, 0.15) is 24.1 Å². The maximum absolute atomic E-state index is 5.87. The monoisotopic (exact) mass is 383 g/mol. The third-order valence-electron chi connectivity index (χ3n) is 2.81. The second kappa shape index (κ2) is 6.55. The Kier molecular flexibility index (Phi) is 5.02. The lowest BCUT2D eigenvalue weighted by Gasteiger charge is -2.12. The molecule has 0 aliphatic rings. The first-order chi connectivity index (χ1) is 9.08. The van der Waals surface area contributed by atoms with Crippen molar-refractivity contribution in [3.63, 3.8) is 0 Å². The molecule has 1 atom stereocenters. The fourth-order valence-corrected chi connectivity index (χ4v) is 2.86. The van der Waals surface area contributed by atoms with Crippen molar-refractivity contribution in [2.24, 2.45) is 5.73 Å². The summed E-state index contributed by atoms with van der Waals surface area (Å²) < 4.78 is 7.82. The highest BCUT2D eigenvalue weighted by Gasteiger charge is 2.07. The first-order valence-corrected chi connectivity index (χ1v) is 7.58. The van der Waals surface area contributed by atoms with Crippen LogP contribution in [-0.2, 0) is 6.61 Å². The lowest BCUT2D eigenvalue weighted by molar-refractivity contribution is 0.305. The molecule has 2 rings (SSSR count). The minimum Gasteiger partial charge on any atom is -0.489 e. The molecular formula is C15H15Br2NO. The van der Waals surface area contributed by atoms with Crippen LogP contribution in [0.25, 0.3) is 0 Å². The average molecular weight is 385 g/mol. The average Bonchev–Trinajstić information content (AvgIpc) is 2.37. The van der Waals surface area contributed by atoms with Crippen molar-refractivity contribution in [2.45, 2.75) is 19.6 Å². The van der Waals surface area contributed by atoms with Gasteiger partial charge in [0.25, 0.3) is 0 Å². The van der Waals surface area contributed by atoms with Crippen LogP contribution in [0.5, 0.6) is 5.75 Å². The van der Waals surface area contributed by atoms with Gasteiger partial charge in [0.2, 0.25) is 0 Å². The fraction of sp³-hybridized carbons (Fsp3) is 0.200. The summed E-state index contributed by atoms with van der Waals surface area (Å²) in [6.45, 7) is 2.49. The third-order valence-corrected chi connectivity index (χ3v) is 4.28. The first kappa shape index (κ1) is 14.6. The van der Waals surface area contributed by atoms with Gasteiger partial charge in [-0.05, 0) is 30.7 Å². The van der Waals surface area contributed by atoms with Crippen LogP contribution in [-0.4, -0.2) is 0 Å². The maximum atomic E-state index is 5.87. The Labute approximate surface area is 130 Å². The molecule has 2 nitrogen and oxygen atoms in total. The van der Waals surface area contributed by atoms with E-state index in [0.29, 0.717) is 6.61 Å². The molecule has 0 aliphatic heterocycles. The Morgan fingerprint density at radius 2 is 1.84 bits per heavy atom. The van der Waals surface area contributed by atoms with Crippen molar-refractivity contribution in [3.8, 4) is 5.75 Å². The van der Waals surface area contributed by atoms with E-state index in [0.717, 1.165) is 25.8 Å². The van der Waals surface area contributed by atoms with E-state index >= 15 is 0 Å². The van der Waals surface area contributed by atoms with Crippen molar-refractivity contribution < 1.29 is 4.74 Å². The van der Waals surface area contributed by atoms with E-state index in [9.17, 15) is 0 Å². The number of hydrogen-bond donors (Lipinski definition) is 1. The Hall–Kier alpha value is -0.840. The summed E-state index contributed by atoms with van der Waals surface area (Å²) in [7, 11) is 0. The second-order valence-corrected chi connectivity index (χ2v) is 6.06. The van der Waals surface area contributed by atoms with Gasteiger partial charge in [-0.25, -0.2) is 0 Å². The predicted molar refractivity (Wildman–Crippen MR) is 85.2 cm³/mol. The predicted octanol–water partition coefficient (Wildman–Crippen LogP) is 4.81. The third kappa shape index (κ3) is 3.81. The van der Waals surface area contributed by atoms with Crippen LogP contribution >= 0.6 is 31.9 Å². The zero-order valence-electron chi connectivity index (χ0n) is 10.6. The molecular weight excluding hydrogens is 370 g/mol. The molecule has 0 radical (unpaired) electrons. The van der Waals surface area contributed by atoms with Crippen molar-refractivity contribution in [1.29, 1.82) is 0 Å². The summed E-state index contributed by atoms with van der Waals surface area (Å²) in [6.07, 6.45) is 0. The Balaban J connectivity index is 2.08. The van der Waals surface area contributed by atoms with Gasteiger partial charge in [0.1, 0.15) is 12.4 Å². The Morgan fingerprint density at radius 1 is 1.11 bits per heavy atom. The summed E-state index contributed by atoms with van der Waals surface area (Å²) in [5.41, 5.74) is 8.07. The van der Waals surface area contributed by atoms with Gasteiger partial charge in [0.05, 0.1) is 0 Å². The Bertz CT molecular complexity index is 570. The van der Waals surface area contributed by atoms with Gasteiger partial charge in [0, 0.05) is 20.6 Å². The summed E-state index contributed by atoms with van der Waals surface area (Å²) in [4.78, 5) is 0. The van der Waals surface area contributed by atoms with Gasteiger partial charge in [-0.3, -0.25) is 0 Å². The number of halogens is 2. The molecule has 0 amide bonds. The van der Waals surface area contributed by atoms with E-state index in [2.05, 4.69) is 31.9 Å². The van der Waals surface area contributed by atoms with Crippen LogP contribution in [0.15, 0.2) is 51.4 Å². The molecule has 2 aromatic rings. The number of benzene rings is 2. The molecule has 100 valence electrons. The smallest absolute Gasteiger partial charge is 0.120 e. The molecule has 19 heavy (non-hydrogen) atoms. The number of rotatable bonds is 4. The number of ether oxygens (including phenoxy) is 1. The maximum Gasteiger partial charge on any atom is 0.120 e. The van der Waals surface area contributed by atoms with Gasteiger partial charge in [-0.1, -0.05) is 56.1 Å². The summed E-state index contributed by atoms with van der Waals surface area (Å²) in [5.74, 6) is 0.826. The lowest BCUT2D eigenvalue weighted by Crippen LogP contribution is -2.06. The van der Waals surface area contributed by atoms with E-state index < -0.39 is 0 Å². The molecule has 0 saturated heterocycles. The van der Waals surface area contributed by atoms with E-state index in [1.807, 2.05) is 49.4 Å². The van der Waals surface area contributed by atoms with Crippen molar-refractivity contribution >= 4 is 31.9 Å². The van der Waals surface area contributed by atoms with E-state index in [-0.39, 0.29) is 6.04 Å². The highest BCUT2D eigenvalue weighted by Crippen LogP contribution is 2.27. The zero-order chi connectivity index (χ0) is 13.8. The van der Waals surface area contributed by atoms with Crippen LogP contribution in [0.3, 0.4) is 0 Å². The Morgan fingerprint density at radius 3 is 2.47 bits per heavy atom. The molecule has 0 aliphatic carbocycles. The van der Waals surface area contributed by atoms with Crippen LogP contribution in [0, 0.1) is 0 Å². The molecule has 4 heteroatoms. The van der Waals surface area contributed by atoms with Gasteiger partial charge in [-0.15, -0.1) is 0 Å². The van der Waals surface area contributed by atoms with Crippen LogP contribution < -0.4 is 10.5 Å². The molecule has 0 aromatic heterocycles. The molecule has 2 aromatic carbocycles. The van der Waals surface area contributed by atoms with Crippen molar-refractivity contribution in [3.05, 3.63) is 62.5 Å². The molecule has 0 bridgehead atoms. The zero-order valence-corrected chi connectivity index (χ0v) is 13.7. The first-order valence-electron chi connectivity index (χ1n) is 5.99. The van der Waals surface area contributed by atoms with E-state index in [1.165, 1.54) is 0 Å². The van der Waals surface area contributed by atoms with Gasteiger partial charge in [0.15, 0.2) is 0 Å². The summed E-state index contributed by atoms with van der Waals surface area (Å²) >= 11 is 7.03. The quantitative estimate of drug-likeness (QED) is 0.820. The van der Waals surface area contributed by atoms with Gasteiger partial charge >= 0.3 is 0 Å². The van der Waals surface area contributed by atoms with Crippen LogP contribution in [0.4, 0.5) is 0 Å². The highest BCUT2D eigenvalue weighted by molar-refractivity contribution is 9.10. The van der Waals surface area contributed by atoms with Crippen molar-refractivity contribution in [1.82, 2.24) is 0 Å². The van der Waals surface area contributed by atoms with Gasteiger partial charge in [-0.2, -0.15) is 0 Å². The summed E-state index contributed by atoms with van der Waals surface area (Å²) in [5, 5.41) is 0. The molecule has 0 heterocycles. The minimum atomic E-state index is 0.00620. The second-order valence-electron chi connectivity index (χ2n) is 4.35. The largest absolute Gasteiger partial charge is 0.489 e. The van der Waals surface area contributed by atoms with E-state index in [4.69, 9.17) is 10.5 Å². The molecule has 0 saturated carbocycles. The normalized spacial score (nSPS) is 12.2. The van der Waals surface area contributed by atoms with Crippen LogP contribution in [0.2, 0.25) is 0 Å². The van der Waals surface area contributed by atoms with Crippen molar-refractivity contribution in [2.75, 3.05) is 0 Å². The standard InChI is InChI=1S/C15H15Br2NO/c1-10(18)13-7-6-12(8-15(13)17)19-9-11-4-2-3-5-14(11)16/h2-8,10H,9,18H2,1H3/t10-/m0/s1. The highest BCUT2D eigenvalue weighted by atomic mass is 79.9. The fourth-order valence-electron chi connectivity index (χ4n) is 1.74. The molecule has 0 spiro atoms. The summed E-state index contributed by atoms with van der Waals surface area (Å²) in [6, 6.07) is 13.9. The minimum absolute atomic E-state index is 0.00620. The lowest BCUT2D eigenvalue weighted by atomic mass is 10.1. The molecule has 2 N–H and O–H groups in total. The molecule has 0 fully saturated rings.